The zero-order chi connectivity index (χ0) is 11.0. The Morgan fingerprint density at radius 3 is 1.64 bits per heavy atom. The average molecular weight is 216 g/mol. The van der Waals surface area contributed by atoms with Crippen LogP contribution in [0.5, 0.6) is 0 Å². The van der Waals surface area contributed by atoms with Crippen LogP contribution in [0.25, 0.3) is 0 Å². The third-order valence-electron chi connectivity index (χ3n) is 2.28. The van der Waals surface area contributed by atoms with Gasteiger partial charge >= 0.3 is 0 Å². The Balaban J connectivity index is 3.84. The second-order valence-electron chi connectivity index (χ2n) is 5.14. The molecule has 0 aromatic carbocycles. The zero-order valence-electron chi connectivity index (χ0n) is 10.7. The van der Waals surface area contributed by atoms with Gasteiger partial charge in [-0.25, -0.2) is 0 Å². The van der Waals surface area contributed by atoms with Crippen molar-refractivity contribution in [1.29, 1.82) is 0 Å². The van der Waals surface area contributed by atoms with Gasteiger partial charge in [0, 0.05) is 5.60 Å². The van der Waals surface area contributed by atoms with Crippen LogP contribution in [0.1, 0.15) is 60.3 Å². The number of unbranched alkanes of at least 4 members (excludes halogenated alkanes) is 2. The summed E-state index contributed by atoms with van der Waals surface area (Å²) in [6.45, 7) is 11.1. The van der Waals surface area contributed by atoms with E-state index in [0.717, 1.165) is 0 Å². The molecule has 0 radical (unpaired) electrons. The maximum atomic E-state index is 6.18. The SMILES string of the molecule is CCCC[SiH](CCCC)OC(C)(C)C. The summed E-state index contributed by atoms with van der Waals surface area (Å²) in [6, 6.07) is 2.74. The molecule has 0 amide bonds. The van der Waals surface area contributed by atoms with Crippen LogP contribution in [-0.4, -0.2) is 14.6 Å². The molecule has 0 bridgehead atoms. The normalized spacial score (nSPS) is 12.4. The van der Waals surface area contributed by atoms with Gasteiger partial charge in [0.05, 0.1) is 0 Å². The van der Waals surface area contributed by atoms with Crippen molar-refractivity contribution in [3.63, 3.8) is 0 Å². The molecule has 0 aromatic rings. The average Bonchev–Trinajstić information content (AvgIpc) is 2.07. The van der Waals surface area contributed by atoms with E-state index in [1.165, 1.54) is 37.8 Å². The van der Waals surface area contributed by atoms with Crippen LogP contribution < -0.4 is 0 Å². The van der Waals surface area contributed by atoms with E-state index in [2.05, 4.69) is 34.6 Å². The quantitative estimate of drug-likeness (QED) is 0.582. The Morgan fingerprint density at radius 1 is 0.929 bits per heavy atom. The predicted molar refractivity (Wildman–Crippen MR) is 67.4 cm³/mol. The predicted octanol–water partition coefficient (Wildman–Crippen LogP) is 4.13. The first kappa shape index (κ1) is 14.2. The molecule has 0 atom stereocenters. The van der Waals surface area contributed by atoms with Crippen LogP contribution in [0.4, 0.5) is 0 Å². The molecule has 0 aliphatic rings. The van der Waals surface area contributed by atoms with Crippen LogP contribution >= 0.6 is 0 Å². The van der Waals surface area contributed by atoms with Crippen molar-refractivity contribution in [1.82, 2.24) is 0 Å². The lowest BCUT2D eigenvalue weighted by Crippen LogP contribution is -2.30. The van der Waals surface area contributed by atoms with E-state index < -0.39 is 9.04 Å². The second kappa shape index (κ2) is 7.47. The topological polar surface area (TPSA) is 9.23 Å². The fourth-order valence-corrected chi connectivity index (χ4v) is 4.88. The van der Waals surface area contributed by atoms with Crippen LogP contribution in [0.3, 0.4) is 0 Å². The molecular formula is C12H28OSi. The van der Waals surface area contributed by atoms with Crippen molar-refractivity contribution >= 4 is 9.04 Å². The van der Waals surface area contributed by atoms with Crippen molar-refractivity contribution in [2.75, 3.05) is 0 Å². The lowest BCUT2D eigenvalue weighted by Gasteiger charge is -2.27. The molecule has 0 heterocycles. The summed E-state index contributed by atoms with van der Waals surface area (Å²) in [7, 11) is -0.894. The largest absolute Gasteiger partial charge is 0.415 e. The van der Waals surface area contributed by atoms with Gasteiger partial charge < -0.3 is 4.43 Å². The lowest BCUT2D eigenvalue weighted by atomic mass is 10.2. The van der Waals surface area contributed by atoms with Crippen LogP contribution in [0, 0.1) is 0 Å². The van der Waals surface area contributed by atoms with E-state index in [-0.39, 0.29) is 5.60 Å². The molecule has 2 heteroatoms. The summed E-state index contributed by atoms with van der Waals surface area (Å²) >= 11 is 0. The minimum Gasteiger partial charge on any atom is -0.415 e. The Kier molecular flexibility index (Phi) is 7.56. The molecule has 0 N–H and O–H groups in total. The summed E-state index contributed by atoms with van der Waals surface area (Å²) in [5, 5.41) is 0. The molecule has 1 nitrogen and oxygen atoms in total. The molecule has 0 aliphatic carbocycles. The third-order valence-corrected chi connectivity index (χ3v) is 5.42. The van der Waals surface area contributed by atoms with Gasteiger partial charge in [-0.15, -0.1) is 0 Å². The lowest BCUT2D eigenvalue weighted by molar-refractivity contribution is 0.127. The van der Waals surface area contributed by atoms with Gasteiger partial charge in [0.2, 0.25) is 0 Å². The van der Waals surface area contributed by atoms with E-state index in [1.807, 2.05) is 0 Å². The number of rotatable bonds is 7. The highest BCUT2D eigenvalue weighted by Crippen LogP contribution is 2.17. The first-order chi connectivity index (χ1) is 6.49. The van der Waals surface area contributed by atoms with Gasteiger partial charge in [-0.3, -0.25) is 0 Å². The zero-order valence-corrected chi connectivity index (χ0v) is 11.9. The molecular weight excluding hydrogens is 188 g/mol. The molecule has 14 heavy (non-hydrogen) atoms. The van der Waals surface area contributed by atoms with E-state index in [1.54, 1.807) is 0 Å². The van der Waals surface area contributed by atoms with Crippen LogP contribution in [0.15, 0.2) is 0 Å². The summed E-state index contributed by atoms with van der Waals surface area (Å²) in [4.78, 5) is 0. The summed E-state index contributed by atoms with van der Waals surface area (Å²) in [5.74, 6) is 0. The molecule has 0 aromatic heterocycles. The Bertz CT molecular complexity index is 121. The summed E-state index contributed by atoms with van der Waals surface area (Å²) in [6.07, 6.45) is 5.33. The van der Waals surface area contributed by atoms with Gasteiger partial charge in [0.15, 0.2) is 9.04 Å². The van der Waals surface area contributed by atoms with Gasteiger partial charge in [-0.2, -0.15) is 0 Å². The van der Waals surface area contributed by atoms with Crippen LogP contribution in [0.2, 0.25) is 12.1 Å². The highest BCUT2D eigenvalue weighted by molar-refractivity contribution is 6.51. The molecule has 0 aliphatic heterocycles. The van der Waals surface area contributed by atoms with Gasteiger partial charge in [-0.05, 0) is 32.9 Å². The number of hydrogen-bond donors (Lipinski definition) is 0. The molecule has 0 fully saturated rings. The highest BCUT2D eigenvalue weighted by atomic mass is 28.3. The van der Waals surface area contributed by atoms with Crippen molar-refractivity contribution in [2.45, 2.75) is 78.0 Å². The monoisotopic (exact) mass is 216 g/mol. The summed E-state index contributed by atoms with van der Waals surface area (Å²) in [5.41, 5.74) is 0.0817. The number of hydrogen-bond acceptors (Lipinski definition) is 1. The van der Waals surface area contributed by atoms with E-state index >= 15 is 0 Å². The molecule has 0 spiro atoms. The van der Waals surface area contributed by atoms with Crippen molar-refractivity contribution in [2.24, 2.45) is 0 Å². The van der Waals surface area contributed by atoms with Crippen molar-refractivity contribution in [3.8, 4) is 0 Å². The first-order valence-corrected chi connectivity index (χ1v) is 8.27. The maximum absolute atomic E-state index is 6.18. The maximum Gasteiger partial charge on any atom is 0.177 e. The Labute approximate surface area is 92.0 Å². The van der Waals surface area contributed by atoms with Crippen LogP contribution in [-0.2, 0) is 4.43 Å². The highest BCUT2D eigenvalue weighted by Gasteiger charge is 2.19. The van der Waals surface area contributed by atoms with E-state index in [9.17, 15) is 0 Å². The molecule has 0 saturated heterocycles. The van der Waals surface area contributed by atoms with Gasteiger partial charge in [0.25, 0.3) is 0 Å². The van der Waals surface area contributed by atoms with Gasteiger partial charge in [-0.1, -0.05) is 39.5 Å². The second-order valence-corrected chi connectivity index (χ2v) is 7.77. The Hall–Kier alpha value is 0.177. The smallest absolute Gasteiger partial charge is 0.177 e. The fourth-order valence-electron chi connectivity index (χ4n) is 1.63. The summed E-state index contributed by atoms with van der Waals surface area (Å²) < 4.78 is 6.18. The molecule has 86 valence electrons. The third kappa shape index (κ3) is 8.76. The Morgan fingerprint density at radius 2 is 1.36 bits per heavy atom. The molecule has 0 unspecified atom stereocenters. The van der Waals surface area contributed by atoms with Gasteiger partial charge in [0.1, 0.15) is 0 Å². The van der Waals surface area contributed by atoms with Crippen molar-refractivity contribution in [3.05, 3.63) is 0 Å². The fraction of sp³-hybridized carbons (Fsp3) is 1.00. The van der Waals surface area contributed by atoms with Crippen molar-refractivity contribution < 1.29 is 4.43 Å². The standard InChI is InChI=1S/C12H28OSi/c1-6-8-10-14(11-9-7-2)13-12(3,4)5/h14H,6-11H2,1-5H3. The molecule has 0 rings (SSSR count). The van der Waals surface area contributed by atoms with E-state index in [0.29, 0.717) is 0 Å². The minimum atomic E-state index is -0.894. The minimum absolute atomic E-state index is 0.0817. The molecule has 0 saturated carbocycles. The van der Waals surface area contributed by atoms with E-state index in [4.69, 9.17) is 4.43 Å². The first-order valence-electron chi connectivity index (χ1n) is 6.17.